The first-order valence-electron chi connectivity index (χ1n) is 8.57. The normalized spacial score (nSPS) is 13.0. The standard InChI is InChI=1S/C18H17ClN2O6S3/c1-3-27-17(22)11-21-15-9-8-14(29(2,23)24)10-16(15)28-18(21)20-30(25,26)13-6-4-12(19)5-7-13/h4-10H,3,11H2,1-2H3. The van der Waals surface area contributed by atoms with Crippen molar-refractivity contribution >= 4 is 59.0 Å². The smallest absolute Gasteiger partial charge is 0.326 e. The van der Waals surface area contributed by atoms with Gasteiger partial charge in [-0.3, -0.25) is 4.79 Å². The minimum Gasteiger partial charge on any atom is -0.465 e. The molecule has 0 aliphatic carbocycles. The number of hydrogen-bond donors (Lipinski definition) is 0. The molecule has 8 nitrogen and oxygen atoms in total. The SMILES string of the molecule is CCOC(=O)Cn1c(=NS(=O)(=O)c2ccc(Cl)cc2)sc2cc(S(C)(=O)=O)ccc21. The highest BCUT2D eigenvalue weighted by Crippen LogP contribution is 2.23. The van der Waals surface area contributed by atoms with Gasteiger partial charge < -0.3 is 9.30 Å². The average Bonchev–Trinajstić information content (AvgIpc) is 2.97. The topological polar surface area (TPSA) is 112 Å². The van der Waals surface area contributed by atoms with E-state index in [-0.39, 0.29) is 27.7 Å². The van der Waals surface area contributed by atoms with E-state index in [2.05, 4.69) is 4.40 Å². The molecule has 0 unspecified atom stereocenters. The summed E-state index contributed by atoms with van der Waals surface area (Å²) in [4.78, 5) is 12.1. The summed E-state index contributed by atoms with van der Waals surface area (Å²) >= 11 is 6.77. The van der Waals surface area contributed by atoms with Crippen LogP contribution in [0.2, 0.25) is 5.02 Å². The van der Waals surface area contributed by atoms with Crippen LogP contribution >= 0.6 is 22.9 Å². The molecule has 0 radical (unpaired) electrons. The van der Waals surface area contributed by atoms with Crippen molar-refractivity contribution in [2.75, 3.05) is 12.9 Å². The molecule has 3 rings (SSSR count). The number of hydrogen-bond acceptors (Lipinski definition) is 7. The molecule has 0 aliphatic heterocycles. The Hall–Kier alpha value is -2.21. The van der Waals surface area contributed by atoms with Crippen molar-refractivity contribution in [3.05, 3.63) is 52.3 Å². The van der Waals surface area contributed by atoms with Gasteiger partial charge in [-0.1, -0.05) is 22.9 Å². The van der Waals surface area contributed by atoms with Crippen LogP contribution in [0.5, 0.6) is 0 Å². The van der Waals surface area contributed by atoms with Gasteiger partial charge in [-0.2, -0.15) is 8.42 Å². The first-order valence-corrected chi connectivity index (χ1v) is 13.1. The fourth-order valence-corrected chi connectivity index (χ4v) is 5.72. The third-order valence-corrected chi connectivity index (χ3v) is 7.78. The Morgan fingerprint density at radius 1 is 1.10 bits per heavy atom. The molecule has 0 aliphatic rings. The molecule has 3 aromatic rings. The molecule has 0 atom stereocenters. The molecular formula is C18H17ClN2O6S3. The number of rotatable bonds is 6. The summed E-state index contributed by atoms with van der Waals surface area (Å²) in [5.74, 6) is -0.574. The quantitative estimate of drug-likeness (QED) is 0.493. The minimum atomic E-state index is -4.10. The van der Waals surface area contributed by atoms with Gasteiger partial charge in [0.25, 0.3) is 10.0 Å². The number of carbonyl (C=O) groups excluding carboxylic acids is 1. The van der Waals surface area contributed by atoms with Crippen molar-refractivity contribution in [1.29, 1.82) is 0 Å². The van der Waals surface area contributed by atoms with Crippen molar-refractivity contribution in [3.8, 4) is 0 Å². The average molecular weight is 489 g/mol. The summed E-state index contributed by atoms with van der Waals surface area (Å²) in [5, 5.41) is 0.376. The third kappa shape index (κ3) is 4.91. The van der Waals surface area contributed by atoms with E-state index in [0.717, 1.165) is 17.6 Å². The fourth-order valence-electron chi connectivity index (χ4n) is 2.60. The van der Waals surface area contributed by atoms with E-state index in [4.69, 9.17) is 16.3 Å². The first kappa shape index (κ1) is 22.5. The molecule has 0 N–H and O–H groups in total. The Balaban J connectivity index is 2.24. The van der Waals surface area contributed by atoms with Crippen molar-refractivity contribution in [1.82, 2.24) is 4.57 Å². The lowest BCUT2D eigenvalue weighted by molar-refractivity contribution is -0.143. The van der Waals surface area contributed by atoms with Crippen LogP contribution in [-0.2, 0) is 35.9 Å². The number of halogens is 1. The Morgan fingerprint density at radius 3 is 2.33 bits per heavy atom. The van der Waals surface area contributed by atoms with Gasteiger partial charge in [0.05, 0.1) is 26.6 Å². The predicted molar refractivity (Wildman–Crippen MR) is 114 cm³/mol. The van der Waals surface area contributed by atoms with Gasteiger partial charge in [-0.15, -0.1) is 4.40 Å². The van der Waals surface area contributed by atoms with Crippen LogP contribution < -0.4 is 4.80 Å². The van der Waals surface area contributed by atoms with Crippen LogP contribution in [0, 0.1) is 0 Å². The summed E-state index contributed by atoms with van der Waals surface area (Å²) in [5.41, 5.74) is 0.463. The molecule has 2 aromatic carbocycles. The van der Waals surface area contributed by atoms with Gasteiger partial charge in [0, 0.05) is 11.3 Å². The number of fused-ring (bicyclic) bond motifs is 1. The monoisotopic (exact) mass is 488 g/mol. The molecule has 30 heavy (non-hydrogen) atoms. The first-order chi connectivity index (χ1) is 14.0. The Bertz CT molecular complexity index is 1390. The number of esters is 1. The third-order valence-electron chi connectivity index (χ3n) is 3.98. The molecule has 0 saturated carbocycles. The highest BCUT2D eigenvalue weighted by molar-refractivity contribution is 7.90. The molecule has 160 valence electrons. The van der Waals surface area contributed by atoms with Gasteiger partial charge in [-0.25, -0.2) is 8.42 Å². The van der Waals surface area contributed by atoms with Gasteiger partial charge in [0.2, 0.25) is 4.80 Å². The lowest BCUT2D eigenvalue weighted by Crippen LogP contribution is -2.23. The summed E-state index contributed by atoms with van der Waals surface area (Å²) in [6, 6.07) is 9.83. The number of sulfonamides is 1. The Labute approximate surface area is 182 Å². The van der Waals surface area contributed by atoms with Crippen LogP contribution in [0.25, 0.3) is 10.2 Å². The van der Waals surface area contributed by atoms with Crippen LogP contribution in [0.1, 0.15) is 6.92 Å². The molecule has 0 saturated heterocycles. The maximum Gasteiger partial charge on any atom is 0.326 e. The number of carbonyl (C=O) groups is 1. The Kier molecular flexibility index (Phi) is 6.37. The van der Waals surface area contributed by atoms with Crippen LogP contribution in [0.3, 0.4) is 0 Å². The van der Waals surface area contributed by atoms with Gasteiger partial charge in [0.15, 0.2) is 9.84 Å². The number of nitrogens with zero attached hydrogens (tertiary/aromatic N) is 2. The number of benzene rings is 2. The summed E-state index contributed by atoms with van der Waals surface area (Å²) in [6.45, 7) is 1.54. The number of sulfone groups is 1. The predicted octanol–water partition coefficient (Wildman–Crippen LogP) is 2.61. The second-order valence-electron chi connectivity index (χ2n) is 6.20. The molecule has 1 heterocycles. The van der Waals surface area contributed by atoms with Crippen molar-refractivity contribution < 1.29 is 26.4 Å². The van der Waals surface area contributed by atoms with E-state index in [9.17, 15) is 21.6 Å². The van der Waals surface area contributed by atoms with Crippen molar-refractivity contribution in [3.63, 3.8) is 0 Å². The minimum absolute atomic E-state index is 0.0126. The van der Waals surface area contributed by atoms with E-state index in [1.807, 2.05) is 0 Å². The zero-order valence-electron chi connectivity index (χ0n) is 15.9. The largest absolute Gasteiger partial charge is 0.465 e. The van der Waals surface area contributed by atoms with E-state index >= 15 is 0 Å². The maximum atomic E-state index is 12.8. The lowest BCUT2D eigenvalue weighted by Gasteiger charge is -2.06. The van der Waals surface area contributed by atoms with Crippen molar-refractivity contribution in [2.24, 2.45) is 4.40 Å². The van der Waals surface area contributed by atoms with Gasteiger partial charge >= 0.3 is 5.97 Å². The van der Waals surface area contributed by atoms with Crippen LogP contribution in [0.4, 0.5) is 0 Å². The molecule has 1 aromatic heterocycles. The lowest BCUT2D eigenvalue weighted by atomic mass is 10.3. The summed E-state index contributed by atoms with van der Waals surface area (Å²) in [6.07, 6.45) is 1.07. The van der Waals surface area contributed by atoms with E-state index in [1.165, 1.54) is 47.0 Å². The highest BCUT2D eigenvalue weighted by atomic mass is 35.5. The van der Waals surface area contributed by atoms with Gasteiger partial charge in [-0.05, 0) is 49.4 Å². The molecular weight excluding hydrogens is 472 g/mol. The zero-order chi connectivity index (χ0) is 22.1. The molecule has 0 spiro atoms. The summed E-state index contributed by atoms with van der Waals surface area (Å²) < 4.78 is 59.9. The summed E-state index contributed by atoms with van der Waals surface area (Å²) in [7, 11) is -7.57. The number of aromatic nitrogens is 1. The molecule has 12 heteroatoms. The van der Waals surface area contributed by atoms with Crippen molar-refractivity contribution in [2.45, 2.75) is 23.3 Å². The molecule has 0 bridgehead atoms. The van der Waals surface area contributed by atoms with Crippen LogP contribution in [0.15, 0.2) is 56.7 Å². The number of ether oxygens (including phenoxy) is 1. The second kappa shape index (κ2) is 8.50. The fraction of sp³-hybridized carbons (Fsp3) is 0.222. The molecule has 0 amide bonds. The maximum absolute atomic E-state index is 12.8. The van der Waals surface area contributed by atoms with Crippen LogP contribution in [-0.4, -0.2) is 40.2 Å². The van der Waals surface area contributed by atoms with E-state index < -0.39 is 25.8 Å². The zero-order valence-corrected chi connectivity index (χ0v) is 19.1. The number of thiazole rings is 1. The van der Waals surface area contributed by atoms with E-state index in [1.54, 1.807) is 6.92 Å². The Morgan fingerprint density at radius 2 is 1.73 bits per heavy atom. The highest BCUT2D eigenvalue weighted by Gasteiger charge is 2.18. The molecule has 0 fully saturated rings. The van der Waals surface area contributed by atoms with Gasteiger partial charge in [0.1, 0.15) is 6.54 Å². The van der Waals surface area contributed by atoms with E-state index in [0.29, 0.717) is 15.2 Å². The second-order valence-corrected chi connectivity index (χ2v) is 11.3.